The van der Waals surface area contributed by atoms with E-state index in [2.05, 4.69) is 26.2 Å². The predicted molar refractivity (Wildman–Crippen MR) is 108 cm³/mol. The summed E-state index contributed by atoms with van der Waals surface area (Å²) in [4.78, 5) is 8.18. The molecule has 148 valence electrons. The van der Waals surface area contributed by atoms with Gasteiger partial charge in [-0.3, -0.25) is 5.10 Å². The molecule has 0 amide bonds. The van der Waals surface area contributed by atoms with Crippen molar-refractivity contribution in [1.29, 1.82) is 5.26 Å². The van der Waals surface area contributed by atoms with Gasteiger partial charge in [0.05, 0.1) is 18.8 Å². The van der Waals surface area contributed by atoms with Crippen LogP contribution in [0.4, 0.5) is 0 Å². The third-order valence-electron chi connectivity index (χ3n) is 4.79. The van der Waals surface area contributed by atoms with Crippen molar-refractivity contribution in [3.05, 3.63) is 53.7 Å². The maximum atomic E-state index is 9.38. The number of methoxy groups -OCH3 is 1. The number of aryl methyl sites for hydroxylation is 2. The fraction of sp³-hybridized carbons (Fsp3) is 0.238. The number of fused-ring (bicyclic) bond motifs is 2. The monoisotopic (exact) mass is 391 g/mol. The van der Waals surface area contributed by atoms with Crippen LogP contribution in [-0.2, 0) is 12.8 Å². The molecule has 0 radical (unpaired) electrons. The van der Waals surface area contributed by atoms with E-state index in [1.807, 2.05) is 6.07 Å². The zero-order chi connectivity index (χ0) is 20.2. The lowest BCUT2D eigenvalue weighted by molar-refractivity contribution is 0.393. The minimum Gasteiger partial charge on any atom is -0.508 e. The Morgan fingerprint density at radius 2 is 2.14 bits per heavy atom. The number of benzene rings is 1. The van der Waals surface area contributed by atoms with Gasteiger partial charge < -0.3 is 14.3 Å². The number of rotatable bonds is 2. The number of oxazole rings is 1. The quantitative estimate of drug-likeness (QED) is 0.529. The fourth-order valence-corrected chi connectivity index (χ4v) is 3.37. The number of nitrogens with zero attached hydrogens (tertiary/aromatic N) is 4. The molecule has 29 heavy (non-hydrogen) atoms. The van der Waals surface area contributed by atoms with E-state index in [0.717, 1.165) is 29.4 Å². The van der Waals surface area contributed by atoms with Crippen molar-refractivity contribution in [2.24, 2.45) is 0 Å². The summed E-state index contributed by atoms with van der Waals surface area (Å²) in [5.74, 6) is 1.24. The van der Waals surface area contributed by atoms with Gasteiger partial charge in [0.1, 0.15) is 23.1 Å². The minimum absolute atomic E-state index is 0. The van der Waals surface area contributed by atoms with Crippen molar-refractivity contribution in [3.8, 4) is 29.2 Å². The van der Waals surface area contributed by atoms with Crippen LogP contribution < -0.4 is 4.74 Å². The molecule has 5 rings (SSSR count). The second-order valence-electron chi connectivity index (χ2n) is 6.64. The Kier molecular flexibility index (Phi) is 5.12. The molecule has 1 aliphatic carbocycles. The number of ether oxygens (including phenoxy) is 1. The van der Waals surface area contributed by atoms with Crippen LogP contribution in [0.25, 0.3) is 22.4 Å². The molecule has 8 heteroatoms. The number of aromatic amines is 1. The number of hydrogen-bond acceptors (Lipinski definition) is 7. The molecule has 0 atom stereocenters. The summed E-state index contributed by atoms with van der Waals surface area (Å²) >= 11 is 0. The van der Waals surface area contributed by atoms with Crippen LogP contribution in [0.1, 0.15) is 31.1 Å². The van der Waals surface area contributed by atoms with E-state index in [0.29, 0.717) is 22.9 Å². The molecule has 0 saturated carbocycles. The van der Waals surface area contributed by atoms with Gasteiger partial charge in [0.15, 0.2) is 12.2 Å². The molecule has 0 spiro atoms. The summed E-state index contributed by atoms with van der Waals surface area (Å²) < 4.78 is 10.2. The zero-order valence-corrected chi connectivity index (χ0v) is 15.8. The Morgan fingerprint density at radius 1 is 1.28 bits per heavy atom. The SMILES string of the molecule is COc1nc2c(cc1C#N)CCCC2.Oc1ccc2[nH]nc(-c3cnco3)c2c1.[HH]. The highest BCUT2D eigenvalue weighted by Crippen LogP contribution is 2.28. The number of hydrogen-bond donors (Lipinski definition) is 2. The van der Waals surface area contributed by atoms with Crippen molar-refractivity contribution >= 4 is 10.9 Å². The van der Waals surface area contributed by atoms with E-state index in [-0.39, 0.29) is 7.18 Å². The van der Waals surface area contributed by atoms with Gasteiger partial charge in [-0.05, 0) is 55.5 Å². The highest BCUT2D eigenvalue weighted by Gasteiger charge is 2.15. The maximum Gasteiger partial charge on any atom is 0.231 e. The minimum atomic E-state index is 0. The smallest absolute Gasteiger partial charge is 0.231 e. The summed E-state index contributed by atoms with van der Waals surface area (Å²) in [6.45, 7) is 0. The molecule has 8 nitrogen and oxygen atoms in total. The molecular weight excluding hydrogens is 370 g/mol. The number of pyridine rings is 1. The van der Waals surface area contributed by atoms with Crippen LogP contribution in [0.15, 0.2) is 41.3 Å². The van der Waals surface area contributed by atoms with Crippen LogP contribution >= 0.6 is 0 Å². The van der Waals surface area contributed by atoms with Crippen molar-refractivity contribution in [1.82, 2.24) is 20.2 Å². The lowest BCUT2D eigenvalue weighted by Crippen LogP contribution is -2.07. The third kappa shape index (κ3) is 3.75. The summed E-state index contributed by atoms with van der Waals surface area (Å²) in [7, 11) is 1.55. The van der Waals surface area contributed by atoms with Gasteiger partial charge in [0.25, 0.3) is 0 Å². The van der Waals surface area contributed by atoms with Gasteiger partial charge in [0, 0.05) is 12.5 Å². The number of phenolic OH excluding ortho intramolecular Hbond substituents is 1. The van der Waals surface area contributed by atoms with E-state index in [1.54, 1.807) is 31.5 Å². The third-order valence-corrected chi connectivity index (χ3v) is 4.79. The van der Waals surface area contributed by atoms with Crippen LogP contribution in [-0.4, -0.2) is 32.4 Å². The molecule has 0 fully saturated rings. The highest BCUT2D eigenvalue weighted by atomic mass is 16.5. The highest BCUT2D eigenvalue weighted by molar-refractivity contribution is 5.92. The fourth-order valence-electron chi connectivity index (χ4n) is 3.37. The lowest BCUT2D eigenvalue weighted by atomic mass is 9.95. The standard InChI is InChI=1S/C11H12N2O.C10H7N3O2.H2/c1-14-11-9(7-12)6-8-4-2-3-5-10(8)13-11;14-6-1-2-8-7(3-6)10(13-12-8)9-4-11-5-15-9;/h6H,2-5H2,1H3;1-5,14H,(H,12,13);1H. The molecule has 2 N–H and O–H groups in total. The Balaban J connectivity index is 0.000000166. The molecule has 1 aliphatic rings. The molecule has 0 unspecified atom stereocenters. The van der Waals surface area contributed by atoms with Crippen LogP contribution in [0.2, 0.25) is 0 Å². The summed E-state index contributed by atoms with van der Waals surface area (Å²) in [5, 5.41) is 26.0. The zero-order valence-electron chi connectivity index (χ0n) is 15.8. The first kappa shape index (κ1) is 18.5. The van der Waals surface area contributed by atoms with E-state index < -0.39 is 0 Å². The summed E-state index contributed by atoms with van der Waals surface area (Å²) in [6, 6.07) is 9.03. The maximum absolute atomic E-state index is 9.38. The number of aromatic hydroxyl groups is 1. The summed E-state index contributed by atoms with van der Waals surface area (Å²) in [5.41, 5.74) is 4.37. The van der Waals surface area contributed by atoms with E-state index >= 15 is 0 Å². The van der Waals surface area contributed by atoms with Gasteiger partial charge in [-0.1, -0.05) is 0 Å². The number of aromatic nitrogens is 4. The summed E-state index contributed by atoms with van der Waals surface area (Å²) in [6.07, 6.45) is 7.37. The molecule has 0 aliphatic heterocycles. The van der Waals surface area contributed by atoms with Crippen molar-refractivity contribution < 1.29 is 15.7 Å². The van der Waals surface area contributed by atoms with Crippen molar-refractivity contribution in [2.75, 3.05) is 7.11 Å². The van der Waals surface area contributed by atoms with Crippen molar-refractivity contribution in [2.45, 2.75) is 25.7 Å². The molecule has 1 aromatic carbocycles. The molecule has 0 saturated heterocycles. The molecular formula is C21H21N5O3. The largest absolute Gasteiger partial charge is 0.508 e. The molecule has 3 aromatic heterocycles. The average Bonchev–Trinajstić information content (AvgIpc) is 3.42. The van der Waals surface area contributed by atoms with E-state index in [1.165, 1.54) is 24.8 Å². The molecule has 3 heterocycles. The number of nitriles is 1. The van der Waals surface area contributed by atoms with Crippen LogP contribution in [0, 0.1) is 11.3 Å². The second kappa shape index (κ2) is 8.02. The van der Waals surface area contributed by atoms with Gasteiger partial charge in [-0.15, -0.1) is 0 Å². The lowest BCUT2D eigenvalue weighted by Gasteiger charge is -2.15. The number of nitrogens with one attached hydrogen (secondary N) is 1. The van der Waals surface area contributed by atoms with Gasteiger partial charge in [0.2, 0.25) is 5.88 Å². The van der Waals surface area contributed by atoms with Crippen LogP contribution in [0.5, 0.6) is 11.6 Å². The second-order valence-corrected chi connectivity index (χ2v) is 6.64. The Labute approximate surface area is 168 Å². The average molecular weight is 391 g/mol. The van der Waals surface area contributed by atoms with Crippen molar-refractivity contribution in [3.63, 3.8) is 0 Å². The van der Waals surface area contributed by atoms with Crippen LogP contribution in [0.3, 0.4) is 0 Å². The Hall–Kier alpha value is -3.86. The first-order chi connectivity index (χ1) is 14.2. The van der Waals surface area contributed by atoms with Gasteiger partial charge >= 0.3 is 0 Å². The molecule has 4 aromatic rings. The van der Waals surface area contributed by atoms with E-state index in [4.69, 9.17) is 14.4 Å². The van der Waals surface area contributed by atoms with Gasteiger partial charge in [-0.25, -0.2) is 9.97 Å². The number of phenols is 1. The Bertz CT molecular complexity index is 1180. The number of H-pyrrole nitrogens is 1. The molecule has 0 bridgehead atoms. The topological polar surface area (TPSA) is 121 Å². The van der Waals surface area contributed by atoms with Gasteiger partial charge in [-0.2, -0.15) is 10.4 Å². The normalized spacial score (nSPS) is 12.6. The Morgan fingerprint density at radius 3 is 2.90 bits per heavy atom. The first-order valence-corrected chi connectivity index (χ1v) is 9.22. The predicted octanol–water partition coefficient (Wildman–Crippen LogP) is 4.01. The first-order valence-electron chi connectivity index (χ1n) is 9.22. The van der Waals surface area contributed by atoms with E-state index in [9.17, 15) is 5.11 Å².